The molecule has 0 bridgehead atoms. The molecule has 1 aliphatic carbocycles. The minimum atomic E-state index is -0.126. The Morgan fingerprint density at radius 3 is 2.45 bits per heavy atom. The fourth-order valence-corrected chi connectivity index (χ4v) is 2.92. The van der Waals surface area contributed by atoms with Crippen LogP contribution >= 0.6 is 0 Å². The predicted octanol–water partition coefficient (Wildman–Crippen LogP) is 0.696. The highest BCUT2D eigenvalue weighted by Gasteiger charge is 2.29. The average Bonchev–Trinajstić information content (AvgIpc) is 3.27. The van der Waals surface area contributed by atoms with Crippen LogP contribution in [0.5, 0.6) is 0 Å². The number of hydrogen-bond donors (Lipinski definition) is 1. The molecule has 2 fully saturated rings. The Morgan fingerprint density at radius 2 is 1.95 bits per heavy atom. The van der Waals surface area contributed by atoms with Crippen molar-refractivity contribution in [1.82, 2.24) is 15.1 Å². The Kier molecular flexibility index (Phi) is 5.81. The highest BCUT2D eigenvalue weighted by Crippen LogP contribution is 2.21. The number of nitrogens with zero attached hydrogens (tertiary/aromatic N) is 2. The van der Waals surface area contributed by atoms with Crippen molar-refractivity contribution in [3.63, 3.8) is 0 Å². The topological polar surface area (TPSA) is 44.8 Å². The molecule has 5 nitrogen and oxygen atoms in total. The lowest BCUT2D eigenvalue weighted by atomic mass is 10.0. The monoisotopic (exact) mass is 283 g/mol. The third-order valence-electron chi connectivity index (χ3n) is 4.52. The van der Waals surface area contributed by atoms with Crippen molar-refractivity contribution in [3.8, 4) is 0 Å². The lowest BCUT2D eigenvalue weighted by molar-refractivity contribution is -0.143. The zero-order valence-electron chi connectivity index (χ0n) is 13.1. The van der Waals surface area contributed by atoms with Crippen molar-refractivity contribution in [2.75, 3.05) is 40.8 Å². The van der Waals surface area contributed by atoms with Gasteiger partial charge in [-0.2, -0.15) is 0 Å². The molecule has 5 heteroatoms. The van der Waals surface area contributed by atoms with E-state index in [9.17, 15) is 4.79 Å². The van der Waals surface area contributed by atoms with E-state index in [4.69, 9.17) is 4.74 Å². The van der Waals surface area contributed by atoms with Gasteiger partial charge in [0, 0.05) is 18.6 Å². The van der Waals surface area contributed by atoms with Gasteiger partial charge in [-0.25, -0.2) is 0 Å². The van der Waals surface area contributed by atoms with Gasteiger partial charge in [0.15, 0.2) is 0 Å². The van der Waals surface area contributed by atoms with Crippen LogP contribution in [0.3, 0.4) is 0 Å². The van der Waals surface area contributed by atoms with Crippen molar-refractivity contribution in [2.24, 2.45) is 0 Å². The molecule has 1 saturated heterocycles. The van der Waals surface area contributed by atoms with E-state index in [1.165, 1.54) is 32.8 Å². The minimum absolute atomic E-state index is 0.111. The summed E-state index contributed by atoms with van der Waals surface area (Å²) in [7, 11) is 5.80. The summed E-state index contributed by atoms with van der Waals surface area (Å²) in [6.07, 6.45) is 5.71. The summed E-state index contributed by atoms with van der Waals surface area (Å²) in [6, 6.07) is 1.13. The molecule has 1 unspecified atom stereocenters. The van der Waals surface area contributed by atoms with Gasteiger partial charge in [0.2, 0.25) is 0 Å². The third kappa shape index (κ3) is 4.72. The normalized spacial score (nSPS) is 23.0. The molecule has 0 amide bonds. The Labute approximate surface area is 122 Å². The number of esters is 1. The van der Waals surface area contributed by atoms with Gasteiger partial charge in [0.05, 0.1) is 7.11 Å². The van der Waals surface area contributed by atoms with Crippen LogP contribution < -0.4 is 5.32 Å². The average molecular weight is 283 g/mol. The summed E-state index contributed by atoms with van der Waals surface area (Å²) >= 11 is 0. The van der Waals surface area contributed by atoms with E-state index in [-0.39, 0.29) is 12.0 Å². The summed E-state index contributed by atoms with van der Waals surface area (Å²) < 4.78 is 4.90. The van der Waals surface area contributed by atoms with Gasteiger partial charge in [0.1, 0.15) is 6.04 Å². The Balaban J connectivity index is 1.71. The maximum atomic E-state index is 11.8. The van der Waals surface area contributed by atoms with E-state index in [0.717, 1.165) is 26.1 Å². The lowest BCUT2D eigenvalue weighted by Crippen LogP contribution is -2.45. The molecule has 2 aliphatic rings. The number of ether oxygens (including phenoxy) is 1. The number of piperidine rings is 1. The van der Waals surface area contributed by atoms with Crippen molar-refractivity contribution in [3.05, 3.63) is 0 Å². The van der Waals surface area contributed by atoms with Crippen LogP contribution in [0.1, 0.15) is 32.1 Å². The Hall–Kier alpha value is -0.650. The highest BCUT2D eigenvalue weighted by atomic mass is 16.5. The number of carbonyl (C=O) groups is 1. The van der Waals surface area contributed by atoms with Crippen molar-refractivity contribution < 1.29 is 9.53 Å². The first-order valence-corrected chi connectivity index (χ1v) is 7.83. The number of rotatable bonds is 7. The maximum Gasteiger partial charge on any atom is 0.322 e. The molecular formula is C15H29N3O2. The van der Waals surface area contributed by atoms with Gasteiger partial charge in [-0.1, -0.05) is 0 Å². The molecule has 0 aromatic carbocycles. The summed E-state index contributed by atoms with van der Waals surface area (Å²) in [5.41, 5.74) is 0. The third-order valence-corrected chi connectivity index (χ3v) is 4.52. The number of likely N-dealkylation sites (tertiary alicyclic amines) is 1. The SMILES string of the molecule is COC(=O)C(CCN1CCC(N(C)C)CC1)NC1CC1. The van der Waals surface area contributed by atoms with E-state index in [1.807, 2.05) is 0 Å². The highest BCUT2D eigenvalue weighted by molar-refractivity contribution is 5.75. The van der Waals surface area contributed by atoms with Gasteiger partial charge in [0.25, 0.3) is 0 Å². The molecule has 2 rings (SSSR count). The van der Waals surface area contributed by atoms with E-state index >= 15 is 0 Å². The fraction of sp³-hybridized carbons (Fsp3) is 0.933. The largest absolute Gasteiger partial charge is 0.468 e. The van der Waals surface area contributed by atoms with Crippen molar-refractivity contribution in [1.29, 1.82) is 0 Å². The molecule has 1 saturated carbocycles. The first kappa shape index (κ1) is 15.7. The van der Waals surface area contributed by atoms with Gasteiger partial charge < -0.3 is 19.9 Å². The van der Waals surface area contributed by atoms with Crippen molar-refractivity contribution >= 4 is 5.97 Å². The molecule has 0 aromatic rings. The van der Waals surface area contributed by atoms with Gasteiger partial charge in [-0.15, -0.1) is 0 Å². The summed E-state index contributed by atoms with van der Waals surface area (Å²) in [6.45, 7) is 3.26. The van der Waals surface area contributed by atoms with Gasteiger partial charge in [-0.3, -0.25) is 4.79 Å². The molecule has 0 radical (unpaired) electrons. The second kappa shape index (κ2) is 7.38. The molecule has 1 atom stereocenters. The standard InChI is InChI=1S/C15H29N3O2/c1-17(2)13-6-9-18(10-7-13)11-8-14(15(19)20-3)16-12-4-5-12/h12-14,16H,4-11H2,1-3H3. The smallest absolute Gasteiger partial charge is 0.322 e. The Bertz CT molecular complexity index is 310. The zero-order chi connectivity index (χ0) is 14.5. The summed E-state index contributed by atoms with van der Waals surface area (Å²) in [4.78, 5) is 16.6. The fourth-order valence-electron chi connectivity index (χ4n) is 2.92. The molecule has 0 aromatic heterocycles. The molecule has 1 N–H and O–H groups in total. The minimum Gasteiger partial charge on any atom is -0.468 e. The van der Waals surface area contributed by atoms with Crippen LogP contribution in [0, 0.1) is 0 Å². The van der Waals surface area contributed by atoms with Crippen LogP contribution in [0.25, 0.3) is 0 Å². The lowest BCUT2D eigenvalue weighted by Gasteiger charge is -2.35. The predicted molar refractivity (Wildman–Crippen MR) is 79.7 cm³/mol. The second-order valence-electron chi connectivity index (χ2n) is 6.34. The Morgan fingerprint density at radius 1 is 1.30 bits per heavy atom. The van der Waals surface area contributed by atoms with Crippen LogP contribution in [-0.2, 0) is 9.53 Å². The first-order chi connectivity index (χ1) is 9.60. The van der Waals surface area contributed by atoms with Gasteiger partial charge >= 0.3 is 5.97 Å². The number of hydrogen-bond acceptors (Lipinski definition) is 5. The molecule has 116 valence electrons. The molecule has 20 heavy (non-hydrogen) atoms. The van der Waals surface area contributed by atoms with Crippen LogP contribution in [-0.4, -0.2) is 74.7 Å². The molecular weight excluding hydrogens is 254 g/mol. The maximum absolute atomic E-state index is 11.8. The molecule has 1 aliphatic heterocycles. The van der Waals surface area contributed by atoms with Crippen LogP contribution in [0.2, 0.25) is 0 Å². The van der Waals surface area contributed by atoms with Crippen LogP contribution in [0.15, 0.2) is 0 Å². The molecule has 0 spiro atoms. The first-order valence-electron chi connectivity index (χ1n) is 7.83. The van der Waals surface area contributed by atoms with E-state index in [1.54, 1.807) is 0 Å². The molecule has 1 heterocycles. The van der Waals surface area contributed by atoms with E-state index in [2.05, 4.69) is 29.2 Å². The quantitative estimate of drug-likeness (QED) is 0.697. The van der Waals surface area contributed by atoms with E-state index in [0.29, 0.717) is 12.1 Å². The number of nitrogens with one attached hydrogen (secondary N) is 1. The van der Waals surface area contributed by atoms with Crippen molar-refractivity contribution in [2.45, 2.75) is 50.2 Å². The van der Waals surface area contributed by atoms with Gasteiger partial charge in [-0.05, 0) is 59.3 Å². The van der Waals surface area contributed by atoms with E-state index < -0.39 is 0 Å². The second-order valence-corrected chi connectivity index (χ2v) is 6.34. The summed E-state index contributed by atoms with van der Waals surface area (Å²) in [5.74, 6) is -0.111. The number of methoxy groups -OCH3 is 1. The summed E-state index contributed by atoms with van der Waals surface area (Å²) in [5, 5.41) is 3.40. The number of carbonyl (C=O) groups excluding carboxylic acids is 1. The zero-order valence-corrected chi connectivity index (χ0v) is 13.1. The van der Waals surface area contributed by atoms with Crippen LogP contribution in [0.4, 0.5) is 0 Å².